The lowest BCUT2D eigenvalue weighted by molar-refractivity contribution is -0.139. The maximum absolute atomic E-state index is 11.6. The van der Waals surface area contributed by atoms with Gasteiger partial charge in [-0.1, -0.05) is 18.2 Å². The van der Waals surface area contributed by atoms with Crippen LogP contribution in [0.5, 0.6) is 0 Å². The molecule has 0 aliphatic carbocycles. The Kier molecular flexibility index (Phi) is 4.31. The number of halogens is 1. The first-order valence-electron chi connectivity index (χ1n) is 4.73. The summed E-state index contributed by atoms with van der Waals surface area (Å²) >= 11 is 5.46. The number of carbonyl (C=O) groups is 2. The van der Waals surface area contributed by atoms with Gasteiger partial charge in [0.15, 0.2) is 0 Å². The first-order valence-corrected chi connectivity index (χ1v) is 5.27. The van der Waals surface area contributed by atoms with Crippen LogP contribution in [0.15, 0.2) is 30.3 Å². The Morgan fingerprint density at radius 2 is 1.94 bits per heavy atom. The number of alkyl halides is 1. The molecule has 86 valence electrons. The Bertz CT molecular complexity index is 380. The molecule has 1 aromatic carbocycles. The third kappa shape index (κ3) is 2.73. The molecule has 0 saturated carbocycles. The Labute approximate surface area is 98.4 Å². The van der Waals surface area contributed by atoms with Crippen molar-refractivity contribution in [2.75, 3.05) is 10.8 Å². The van der Waals surface area contributed by atoms with Crippen LogP contribution in [0.3, 0.4) is 0 Å². The molecule has 0 heterocycles. The average Bonchev–Trinajstić information content (AvgIpc) is 2.30. The van der Waals surface area contributed by atoms with E-state index < -0.39 is 17.9 Å². The first-order chi connectivity index (χ1) is 7.57. The Hall–Kier alpha value is -1.55. The second-order valence-corrected chi connectivity index (χ2v) is 3.51. The van der Waals surface area contributed by atoms with Gasteiger partial charge in [-0.15, -0.1) is 11.6 Å². The molecule has 4 nitrogen and oxygen atoms in total. The lowest BCUT2D eigenvalue weighted by Crippen LogP contribution is -2.44. The highest BCUT2D eigenvalue weighted by Gasteiger charge is 2.26. The van der Waals surface area contributed by atoms with Crippen molar-refractivity contribution >= 4 is 29.2 Å². The van der Waals surface area contributed by atoms with Gasteiger partial charge in [-0.3, -0.25) is 9.69 Å². The molecule has 0 aromatic heterocycles. The minimum absolute atomic E-state index is 0.244. The predicted molar refractivity (Wildman–Crippen MR) is 61.7 cm³/mol. The molecule has 1 aromatic rings. The first kappa shape index (κ1) is 12.5. The molecular weight excluding hydrogens is 230 g/mol. The van der Waals surface area contributed by atoms with E-state index in [1.807, 2.05) is 0 Å². The Balaban J connectivity index is 3.06. The van der Waals surface area contributed by atoms with E-state index in [0.717, 1.165) is 0 Å². The number of aliphatic carboxylic acids is 1. The number of anilines is 1. The summed E-state index contributed by atoms with van der Waals surface area (Å²) in [5.41, 5.74) is 0.531. The summed E-state index contributed by atoms with van der Waals surface area (Å²) in [7, 11) is 0. The Morgan fingerprint density at radius 1 is 1.38 bits per heavy atom. The van der Waals surface area contributed by atoms with Gasteiger partial charge in [-0.2, -0.15) is 0 Å². The molecule has 1 amide bonds. The molecule has 1 N–H and O–H groups in total. The molecule has 1 atom stereocenters. The largest absolute Gasteiger partial charge is 0.480 e. The van der Waals surface area contributed by atoms with Gasteiger partial charge in [-0.05, 0) is 19.1 Å². The van der Waals surface area contributed by atoms with E-state index in [4.69, 9.17) is 16.7 Å². The highest BCUT2D eigenvalue weighted by Crippen LogP contribution is 2.17. The van der Waals surface area contributed by atoms with Crippen molar-refractivity contribution in [3.8, 4) is 0 Å². The normalized spacial score (nSPS) is 11.9. The minimum Gasteiger partial charge on any atom is -0.480 e. The molecule has 0 aliphatic rings. The maximum atomic E-state index is 11.6. The zero-order valence-corrected chi connectivity index (χ0v) is 9.52. The average molecular weight is 242 g/mol. The fraction of sp³-hybridized carbons (Fsp3) is 0.273. The molecule has 0 saturated heterocycles. The number of hydrogen-bond acceptors (Lipinski definition) is 2. The molecular formula is C11H12ClNO3. The van der Waals surface area contributed by atoms with Crippen molar-refractivity contribution in [1.29, 1.82) is 0 Å². The van der Waals surface area contributed by atoms with Gasteiger partial charge in [0.1, 0.15) is 11.9 Å². The molecule has 16 heavy (non-hydrogen) atoms. The number of nitrogens with zero attached hydrogens (tertiary/aromatic N) is 1. The van der Waals surface area contributed by atoms with Gasteiger partial charge < -0.3 is 5.11 Å². The smallest absolute Gasteiger partial charge is 0.326 e. The number of rotatable bonds is 4. The lowest BCUT2D eigenvalue weighted by atomic mass is 10.2. The summed E-state index contributed by atoms with van der Waals surface area (Å²) in [4.78, 5) is 23.7. The van der Waals surface area contributed by atoms with Crippen molar-refractivity contribution in [2.45, 2.75) is 13.0 Å². The van der Waals surface area contributed by atoms with E-state index in [0.29, 0.717) is 5.69 Å². The molecule has 0 spiro atoms. The summed E-state index contributed by atoms with van der Waals surface area (Å²) < 4.78 is 0. The van der Waals surface area contributed by atoms with E-state index in [1.54, 1.807) is 30.3 Å². The van der Waals surface area contributed by atoms with Crippen LogP contribution in [0, 0.1) is 0 Å². The third-order valence-corrected chi connectivity index (χ3v) is 2.39. The maximum Gasteiger partial charge on any atom is 0.326 e. The number of para-hydroxylation sites is 1. The minimum atomic E-state index is -1.07. The summed E-state index contributed by atoms with van der Waals surface area (Å²) in [6, 6.07) is 7.66. The second kappa shape index (κ2) is 5.51. The van der Waals surface area contributed by atoms with Gasteiger partial charge in [0.2, 0.25) is 5.91 Å². The van der Waals surface area contributed by atoms with Crippen LogP contribution in [0.1, 0.15) is 6.92 Å². The highest BCUT2D eigenvalue weighted by atomic mass is 35.5. The van der Waals surface area contributed by atoms with Gasteiger partial charge in [0.05, 0.1) is 0 Å². The molecule has 0 bridgehead atoms. The van der Waals surface area contributed by atoms with Gasteiger partial charge >= 0.3 is 5.97 Å². The van der Waals surface area contributed by atoms with Crippen LogP contribution in [-0.4, -0.2) is 28.9 Å². The number of carbonyl (C=O) groups excluding carboxylic acids is 1. The van der Waals surface area contributed by atoms with Crippen LogP contribution in [0.4, 0.5) is 5.69 Å². The molecule has 1 rings (SSSR count). The number of carboxylic acid groups (broad SMARTS) is 1. The highest BCUT2D eigenvalue weighted by molar-refractivity contribution is 6.29. The molecule has 5 heteroatoms. The fourth-order valence-electron chi connectivity index (χ4n) is 1.35. The van der Waals surface area contributed by atoms with E-state index in [2.05, 4.69) is 0 Å². The van der Waals surface area contributed by atoms with Crippen LogP contribution >= 0.6 is 11.6 Å². The summed E-state index contributed by atoms with van der Waals surface area (Å²) in [5, 5.41) is 8.92. The number of benzene rings is 1. The standard InChI is InChI=1S/C11H12ClNO3/c1-8(11(15)16)13(10(14)7-12)9-5-3-2-4-6-9/h2-6,8H,7H2,1H3,(H,15,16). The van der Waals surface area contributed by atoms with Crippen LogP contribution in [-0.2, 0) is 9.59 Å². The lowest BCUT2D eigenvalue weighted by Gasteiger charge is -2.25. The molecule has 1 unspecified atom stereocenters. The van der Waals surface area contributed by atoms with Gasteiger partial charge in [0.25, 0.3) is 0 Å². The summed E-state index contributed by atoms with van der Waals surface area (Å²) in [6.45, 7) is 1.44. The predicted octanol–water partition coefficient (Wildman–Crippen LogP) is 1.73. The van der Waals surface area contributed by atoms with E-state index in [1.165, 1.54) is 11.8 Å². The zero-order valence-electron chi connectivity index (χ0n) is 8.76. The summed E-state index contributed by atoms with van der Waals surface area (Å²) in [6.07, 6.45) is 0. The van der Waals surface area contributed by atoms with Crippen molar-refractivity contribution in [1.82, 2.24) is 0 Å². The number of carboxylic acids is 1. The van der Waals surface area contributed by atoms with Crippen LogP contribution in [0.25, 0.3) is 0 Å². The van der Waals surface area contributed by atoms with Gasteiger partial charge in [-0.25, -0.2) is 4.79 Å². The van der Waals surface area contributed by atoms with E-state index in [9.17, 15) is 9.59 Å². The topological polar surface area (TPSA) is 57.6 Å². The van der Waals surface area contributed by atoms with Crippen molar-refractivity contribution in [2.24, 2.45) is 0 Å². The second-order valence-electron chi connectivity index (χ2n) is 3.25. The van der Waals surface area contributed by atoms with Crippen LogP contribution in [0.2, 0.25) is 0 Å². The van der Waals surface area contributed by atoms with E-state index in [-0.39, 0.29) is 5.88 Å². The number of amides is 1. The van der Waals surface area contributed by atoms with Crippen molar-refractivity contribution < 1.29 is 14.7 Å². The summed E-state index contributed by atoms with van der Waals surface area (Å²) in [5.74, 6) is -1.74. The fourth-order valence-corrected chi connectivity index (χ4v) is 1.48. The quantitative estimate of drug-likeness (QED) is 0.817. The molecule has 0 fully saturated rings. The number of hydrogen-bond donors (Lipinski definition) is 1. The Morgan fingerprint density at radius 3 is 2.38 bits per heavy atom. The SMILES string of the molecule is CC(C(=O)O)N(C(=O)CCl)c1ccccc1. The monoisotopic (exact) mass is 241 g/mol. The molecule has 0 radical (unpaired) electrons. The van der Waals surface area contributed by atoms with Crippen molar-refractivity contribution in [3.05, 3.63) is 30.3 Å². The van der Waals surface area contributed by atoms with E-state index >= 15 is 0 Å². The van der Waals surface area contributed by atoms with Crippen molar-refractivity contribution in [3.63, 3.8) is 0 Å². The molecule has 0 aliphatic heterocycles. The zero-order chi connectivity index (χ0) is 12.1. The van der Waals surface area contributed by atoms with Crippen LogP contribution < -0.4 is 4.90 Å². The van der Waals surface area contributed by atoms with Gasteiger partial charge in [0, 0.05) is 5.69 Å². The third-order valence-electron chi connectivity index (χ3n) is 2.16.